The third-order valence-electron chi connectivity index (χ3n) is 2.73. The molecule has 2 N–H and O–H groups in total. The van der Waals surface area contributed by atoms with E-state index in [1.165, 1.54) is 6.21 Å². The number of aromatic hydroxyl groups is 1. The van der Waals surface area contributed by atoms with E-state index in [1.807, 2.05) is 28.7 Å². The van der Waals surface area contributed by atoms with Crippen molar-refractivity contribution < 1.29 is 9.90 Å². The van der Waals surface area contributed by atoms with Crippen LogP contribution < -0.4 is 5.43 Å². The summed E-state index contributed by atoms with van der Waals surface area (Å²) in [6.07, 6.45) is 1.64. The molecule has 0 radical (unpaired) electrons. The minimum absolute atomic E-state index is 0.150. The summed E-state index contributed by atoms with van der Waals surface area (Å²) < 4.78 is 1.71. The van der Waals surface area contributed by atoms with Gasteiger partial charge in [0.1, 0.15) is 5.75 Å². The third-order valence-corrected chi connectivity index (χ3v) is 4.43. The summed E-state index contributed by atoms with van der Waals surface area (Å²) in [6.45, 7) is 0. The number of phenolic OH excluding ortho intramolecular Hbond substituents is 1. The van der Waals surface area contributed by atoms with E-state index < -0.39 is 0 Å². The Morgan fingerprint density at radius 3 is 2.64 bits per heavy atom. The lowest BCUT2D eigenvalue weighted by Gasteiger charge is -2.03. The lowest BCUT2D eigenvalue weighted by atomic mass is 10.1. The largest absolute Gasteiger partial charge is 0.506 e. The van der Waals surface area contributed by atoms with E-state index in [2.05, 4.69) is 33.1 Å². The Bertz CT molecular complexity index is 718. The Hall–Kier alpha value is -0.870. The van der Waals surface area contributed by atoms with Crippen LogP contribution in [0.25, 0.3) is 0 Å². The maximum Gasteiger partial charge on any atom is 0.244 e. The number of phenols is 1. The molecule has 114 valence electrons. The number of benzene rings is 2. The predicted octanol–water partition coefficient (Wildman–Crippen LogP) is 3.95. The summed E-state index contributed by atoms with van der Waals surface area (Å²) in [7, 11) is 0. The van der Waals surface area contributed by atoms with Crippen molar-refractivity contribution in [3.63, 3.8) is 0 Å². The number of carbonyl (C=O) groups is 1. The van der Waals surface area contributed by atoms with Gasteiger partial charge in [0.05, 0.1) is 16.2 Å². The molecule has 22 heavy (non-hydrogen) atoms. The normalized spacial score (nSPS) is 10.9. The van der Waals surface area contributed by atoms with Gasteiger partial charge in [-0.05, 0) is 75.0 Å². The van der Waals surface area contributed by atoms with Crippen molar-refractivity contribution in [2.75, 3.05) is 0 Å². The Labute approximate surface area is 160 Å². The number of halogens is 3. The molecule has 0 aliphatic carbocycles. The zero-order valence-electron chi connectivity index (χ0n) is 11.2. The molecule has 0 aliphatic heterocycles. The van der Waals surface area contributed by atoms with Crippen LogP contribution in [0.4, 0.5) is 0 Å². The number of hydrazone groups is 1. The molecule has 0 saturated heterocycles. The first-order valence-electron chi connectivity index (χ1n) is 6.20. The van der Waals surface area contributed by atoms with Crippen LogP contribution in [0.5, 0.6) is 5.75 Å². The standard InChI is InChI=1S/C15H11ClI2N2O2/c16-11-3-1-9(2-4-11)5-14(21)20-19-8-10-6-12(17)7-13(18)15(10)22/h1-4,6-8,22H,5H2,(H,20,21). The molecule has 0 aliphatic rings. The van der Waals surface area contributed by atoms with Crippen LogP contribution in [0.3, 0.4) is 0 Å². The molecule has 0 bridgehead atoms. The Kier molecular flexibility index (Phi) is 6.45. The van der Waals surface area contributed by atoms with Crippen molar-refractivity contribution in [3.05, 3.63) is 59.7 Å². The molecule has 0 saturated carbocycles. The van der Waals surface area contributed by atoms with E-state index in [-0.39, 0.29) is 18.1 Å². The van der Waals surface area contributed by atoms with E-state index in [9.17, 15) is 9.90 Å². The highest BCUT2D eigenvalue weighted by Crippen LogP contribution is 2.25. The highest BCUT2D eigenvalue weighted by atomic mass is 127. The Morgan fingerprint density at radius 2 is 1.95 bits per heavy atom. The van der Waals surface area contributed by atoms with Gasteiger partial charge in [-0.15, -0.1) is 0 Å². The van der Waals surface area contributed by atoms with Gasteiger partial charge in [0.15, 0.2) is 0 Å². The van der Waals surface area contributed by atoms with Gasteiger partial charge in [0.2, 0.25) is 5.91 Å². The smallest absolute Gasteiger partial charge is 0.244 e. The van der Waals surface area contributed by atoms with Crippen LogP contribution in [-0.4, -0.2) is 17.2 Å². The number of amides is 1. The Balaban J connectivity index is 1.97. The lowest BCUT2D eigenvalue weighted by Crippen LogP contribution is -2.19. The summed E-state index contributed by atoms with van der Waals surface area (Å²) >= 11 is 9.99. The van der Waals surface area contributed by atoms with Crippen molar-refractivity contribution in [1.29, 1.82) is 0 Å². The van der Waals surface area contributed by atoms with Crippen LogP contribution in [0.2, 0.25) is 5.02 Å². The van der Waals surface area contributed by atoms with Crippen LogP contribution in [0, 0.1) is 7.14 Å². The van der Waals surface area contributed by atoms with Gasteiger partial charge in [-0.25, -0.2) is 5.43 Å². The lowest BCUT2D eigenvalue weighted by molar-refractivity contribution is -0.120. The fraction of sp³-hybridized carbons (Fsp3) is 0.0667. The Morgan fingerprint density at radius 1 is 1.27 bits per heavy atom. The highest BCUT2D eigenvalue weighted by Gasteiger charge is 2.06. The molecule has 4 nitrogen and oxygen atoms in total. The first-order chi connectivity index (χ1) is 10.5. The van der Waals surface area contributed by atoms with E-state index in [0.717, 1.165) is 12.7 Å². The molecule has 0 unspecified atom stereocenters. The van der Waals surface area contributed by atoms with Crippen molar-refractivity contribution in [1.82, 2.24) is 5.43 Å². The minimum atomic E-state index is -0.238. The quantitative estimate of drug-likeness (QED) is 0.351. The second-order valence-corrected chi connectivity index (χ2v) is 7.27. The second-order valence-electron chi connectivity index (χ2n) is 4.42. The van der Waals surface area contributed by atoms with Gasteiger partial charge < -0.3 is 5.11 Å². The molecule has 7 heteroatoms. The average Bonchev–Trinajstić information content (AvgIpc) is 2.46. The number of hydrogen-bond donors (Lipinski definition) is 2. The molecule has 2 rings (SSSR count). The third kappa shape index (κ3) is 5.10. The van der Waals surface area contributed by atoms with Gasteiger partial charge in [-0.1, -0.05) is 23.7 Å². The monoisotopic (exact) mass is 540 g/mol. The minimum Gasteiger partial charge on any atom is -0.506 e. The zero-order chi connectivity index (χ0) is 16.1. The summed E-state index contributed by atoms with van der Waals surface area (Å²) in [4.78, 5) is 11.8. The molecule has 2 aromatic rings. The van der Waals surface area contributed by atoms with Crippen molar-refractivity contribution in [2.24, 2.45) is 5.10 Å². The van der Waals surface area contributed by atoms with Crippen LogP contribution in [0.1, 0.15) is 11.1 Å². The number of nitrogens with zero attached hydrogens (tertiary/aromatic N) is 1. The molecule has 0 fully saturated rings. The molecular formula is C15H11ClI2N2O2. The van der Waals surface area contributed by atoms with Crippen molar-refractivity contribution in [3.8, 4) is 5.75 Å². The average molecular weight is 541 g/mol. The van der Waals surface area contributed by atoms with Crippen LogP contribution >= 0.6 is 56.8 Å². The number of rotatable bonds is 4. The molecular weight excluding hydrogens is 529 g/mol. The number of carbonyl (C=O) groups excluding carboxylic acids is 1. The summed E-state index contributed by atoms with van der Waals surface area (Å²) in [5.41, 5.74) is 3.85. The van der Waals surface area contributed by atoms with Gasteiger partial charge >= 0.3 is 0 Å². The summed E-state index contributed by atoms with van der Waals surface area (Å²) in [5.74, 6) is -0.0879. The number of hydrogen-bond acceptors (Lipinski definition) is 3. The first-order valence-corrected chi connectivity index (χ1v) is 8.73. The fourth-order valence-electron chi connectivity index (χ4n) is 1.69. The topological polar surface area (TPSA) is 61.7 Å². The van der Waals surface area contributed by atoms with Crippen LogP contribution in [0.15, 0.2) is 41.5 Å². The van der Waals surface area contributed by atoms with E-state index in [4.69, 9.17) is 11.6 Å². The van der Waals surface area contributed by atoms with Gasteiger partial charge in [0.25, 0.3) is 0 Å². The van der Waals surface area contributed by atoms with E-state index in [0.29, 0.717) is 10.6 Å². The van der Waals surface area contributed by atoms with Crippen molar-refractivity contribution >= 4 is 68.9 Å². The van der Waals surface area contributed by atoms with Crippen LogP contribution in [-0.2, 0) is 11.2 Å². The van der Waals surface area contributed by atoms with E-state index >= 15 is 0 Å². The fourth-order valence-corrected chi connectivity index (χ4v) is 3.70. The van der Waals surface area contributed by atoms with Gasteiger partial charge in [0, 0.05) is 14.2 Å². The van der Waals surface area contributed by atoms with E-state index in [1.54, 1.807) is 30.3 Å². The zero-order valence-corrected chi connectivity index (χ0v) is 16.3. The summed E-state index contributed by atoms with van der Waals surface area (Å²) in [6, 6.07) is 10.7. The molecule has 0 atom stereocenters. The summed E-state index contributed by atoms with van der Waals surface area (Å²) in [5, 5.41) is 14.4. The molecule has 0 aromatic heterocycles. The first kappa shape index (κ1) is 17.5. The highest BCUT2D eigenvalue weighted by molar-refractivity contribution is 14.1. The second kappa shape index (κ2) is 8.11. The number of nitrogens with one attached hydrogen (secondary N) is 1. The maximum atomic E-state index is 11.8. The molecule has 1 amide bonds. The SMILES string of the molecule is O=C(Cc1ccc(Cl)cc1)NN=Cc1cc(I)cc(I)c1O. The van der Waals surface area contributed by atoms with Crippen molar-refractivity contribution in [2.45, 2.75) is 6.42 Å². The molecule has 0 heterocycles. The maximum absolute atomic E-state index is 11.8. The van der Waals surface area contributed by atoms with Gasteiger partial charge in [-0.3, -0.25) is 4.79 Å². The molecule has 2 aromatic carbocycles. The van der Waals surface area contributed by atoms with Gasteiger partial charge in [-0.2, -0.15) is 5.10 Å². The predicted molar refractivity (Wildman–Crippen MR) is 104 cm³/mol. The molecule has 0 spiro atoms.